The molecule has 8 heterocycles. The number of aryl methyl sites for hydroxylation is 2. The normalized spacial score (nSPS) is 19.8. The first kappa shape index (κ1) is 51.7. The summed E-state index contributed by atoms with van der Waals surface area (Å²) in [5.74, 6) is -4.58. The quantitative estimate of drug-likeness (QED) is 0.0585. The van der Waals surface area contributed by atoms with E-state index >= 15 is 0 Å². The van der Waals surface area contributed by atoms with Gasteiger partial charge in [-0.15, -0.1) is 0 Å². The maximum atomic E-state index is 13.3. The SMILES string of the molecule is CC(=O)O.COC(=O)c1sc(N2C(=O)C(=O)C(=C(O)c3ccc4c(c3)CC(C)O4)C2c2cccnc2)nc1C.COC(=O)c1sc(N2C(=O)C(=O)C(=C(O)c3ccc4c(c3)CC(C)O4)C2c2cccnc2)nc1C. The number of Topliss-reactive ketones (excluding diaryl/α,β-unsaturated/α-hetero) is 2. The molecule has 4 unspecified atom stereocenters. The van der Waals surface area contributed by atoms with Gasteiger partial charge in [0.05, 0.1) is 48.8 Å². The van der Waals surface area contributed by atoms with Gasteiger partial charge in [-0.1, -0.05) is 34.8 Å². The molecular weight excluding hydrogens is 997 g/mol. The highest BCUT2D eigenvalue weighted by atomic mass is 32.1. The van der Waals surface area contributed by atoms with Crippen LogP contribution in [0.2, 0.25) is 0 Å². The Labute approximate surface area is 430 Å². The number of amides is 2. The van der Waals surface area contributed by atoms with E-state index in [1.165, 1.54) is 36.4 Å². The molecule has 2 amide bonds. The Morgan fingerprint density at radius 1 is 0.635 bits per heavy atom. The fourth-order valence-corrected chi connectivity index (χ4v) is 10.8. The average Bonchev–Trinajstić information content (AvgIpc) is 4.24. The minimum Gasteiger partial charge on any atom is -0.507 e. The molecule has 22 heteroatoms. The molecule has 74 heavy (non-hydrogen) atoms. The van der Waals surface area contributed by atoms with E-state index in [4.69, 9.17) is 28.8 Å². The molecule has 2 fully saturated rings. The van der Waals surface area contributed by atoms with Gasteiger partial charge < -0.3 is 34.3 Å². The van der Waals surface area contributed by atoms with Crippen LogP contribution in [0.1, 0.15) is 97.0 Å². The number of aliphatic carboxylic acids is 1. The first-order valence-corrected chi connectivity index (χ1v) is 24.3. The minimum absolute atomic E-state index is 0.0144. The number of carbonyl (C=O) groups is 7. The van der Waals surface area contributed by atoms with Gasteiger partial charge in [0.25, 0.3) is 17.5 Å². The summed E-state index contributed by atoms with van der Waals surface area (Å²) in [7, 11) is 2.51. The number of carboxylic acid groups (broad SMARTS) is 1. The number of methoxy groups -OCH3 is 2. The van der Waals surface area contributed by atoms with Gasteiger partial charge in [0.15, 0.2) is 10.3 Å². The predicted octanol–water partition coefficient (Wildman–Crippen LogP) is 7.26. The van der Waals surface area contributed by atoms with Crippen molar-refractivity contribution >= 4 is 85.7 Å². The largest absolute Gasteiger partial charge is 0.507 e. The van der Waals surface area contributed by atoms with Crippen molar-refractivity contribution in [2.75, 3.05) is 24.0 Å². The van der Waals surface area contributed by atoms with Crippen molar-refractivity contribution in [3.05, 3.63) is 151 Å². The van der Waals surface area contributed by atoms with Crippen LogP contribution in [0.25, 0.3) is 11.5 Å². The van der Waals surface area contributed by atoms with Crippen LogP contribution in [0.4, 0.5) is 10.3 Å². The maximum Gasteiger partial charge on any atom is 0.350 e. The van der Waals surface area contributed by atoms with Crippen molar-refractivity contribution in [2.24, 2.45) is 0 Å². The Kier molecular flexibility index (Phi) is 14.8. The molecular formula is C52H46N6O14S2. The van der Waals surface area contributed by atoms with Crippen LogP contribution in [-0.2, 0) is 46.3 Å². The molecule has 380 valence electrons. The zero-order chi connectivity index (χ0) is 53.3. The number of aliphatic hydroxyl groups excluding tert-OH is 2. The molecule has 4 aliphatic heterocycles. The van der Waals surface area contributed by atoms with Gasteiger partial charge in [-0.3, -0.25) is 43.7 Å². The van der Waals surface area contributed by atoms with E-state index in [0.717, 1.165) is 52.2 Å². The van der Waals surface area contributed by atoms with Crippen molar-refractivity contribution in [1.29, 1.82) is 0 Å². The van der Waals surface area contributed by atoms with Crippen molar-refractivity contribution in [3.8, 4) is 11.5 Å². The van der Waals surface area contributed by atoms with E-state index in [9.17, 15) is 39.0 Å². The predicted molar refractivity (Wildman–Crippen MR) is 268 cm³/mol. The van der Waals surface area contributed by atoms with Crippen LogP contribution in [-0.4, -0.2) is 103 Å². The Bertz CT molecular complexity index is 3120. The number of aliphatic hydroxyl groups is 2. The molecule has 0 aliphatic carbocycles. The number of rotatable bonds is 8. The van der Waals surface area contributed by atoms with Gasteiger partial charge >= 0.3 is 23.8 Å². The smallest absolute Gasteiger partial charge is 0.350 e. The molecule has 0 radical (unpaired) electrons. The van der Waals surface area contributed by atoms with Gasteiger partial charge in [0, 0.05) is 55.7 Å². The summed E-state index contributed by atoms with van der Waals surface area (Å²) in [6.07, 6.45) is 7.56. The number of carbonyl (C=O) groups excluding carboxylic acids is 6. The lowest BCUT2D eigenvalue weighted by molar-refractivity contribution is -0.134. The standard InChI is InChI=1S/2C25H21N3O6S.C2H4O2/c2*1-12-9-16-10-14(6-7-17(16)34-12)20(29)18-19(15-5-4-8-26-11-15)28(23(31)21(18)30)25-27-13(2)22(35-25)24(32)33-3;1-2(3)4/h2*4-8,10-12,19,29H,9H2,1-3H3;1H3,(H,3,4). The van der Waals surface area contributed by atoms with Crippen LogP contribution < -0.4 is 19.3 Å². The van der Waals surface area contributed by atoms with Gasteiger partial charge in [-0.25, -0.2) is 19.6 Å². The second-order valence-corrected chi connectivity index (χ2v) is 19.1. The number of hydrogen-bond acceptors (Lipinski definition) is 19. The third-order valence-corrected chi connectivity index (χ3v) is 14.2. The number of pyridine rings is 2. The van der Waals surface area contributed by atoms with Gasteiger partial charge in [0.2, 0.25) is 0 Å². The van der Waals surface area contributed by atoms with E-state index in [1.807, 2.05) is 13.8 Å². The Morgan fingerprint density at radius 3 is 1.35 bits per heavy atom. The number of benzene rings is 2. The Morgan fingerprint density at radius 2 is 1.01 bits per heavy atom. The van der Waals surface area contributed by atoms with Crippen LogP contribution in [0.3, 0.4) is 0 Å². The summed E-state index contributed by atoms with van der Waals surface area (Å²) in [5, 5.41) is 30.3. The van der Waals surface area contributed by atoms with Crippen molar-refractivity contribution in [2.45, 2.75) is 71.8 Å². The highest BCUT2D eigenvalue weighted by Gasteiger charge is 2.50. The number of ketones is 2. The zero-order valence-corrected chi connectivity index (χ0v) is 42.3. The fraction of sp³-hybridized carbons (Fsp3) is 0.250. The summed E-state index contributed by atoms with van der Waals surface area (Å²) < 4.78 is 21.1. The second kappa shape index (κ2) is 21.2. The lowest BCUT2D eigenvalue weighted by Gasteiger charge is -2.22. The molecule has 20 nitrogen and oxygen atoms in total. The van der Waals surface area contributed by atoms with Gasteiger partial charge in [0.1, 0.15) is 45.0 Å². The first-order valence-electron chi connectivity index (χ1n) is 22.7. The summed E-state index contributed by atoms with van der Waals surface area (Å²) in [4.78, 5) is 106. The van der Waals surface area contributed by atoms with Gasteiger partial charge in [-0.05, 0) is 98.5 Å². The van der Waals surface area contributed by atoms with Crippen LogP contribution in [0.15, 0.2) is 96.6 Å². The first-order chi connectivity index (χ1) is 35.3. The number of esters is 2. The molecule has 0 spiro atoms. The second-order valence-electron chi connectivity index (χ2n) is 17.1. The molecule has 0 bridgehead atoms. The van der Waals surface area contributed by atoms with E-state index in [-0.39, 0.29) is 54.9 Å². The third-order valence-electron chi connectivity index (χ3n) is 12.0. The Hall–Kier alpha value is -8.63. The number of ether oxygens (including phenoxy) is 4. The number of anilines is 2. The summed E-state index contributed by atoms with van der Waals surface area (Å²) in [6.45, 7) is 8.23. The highest BCUT2D eigenvalue weighted by molar-refractivity contribution is 7.18. The molecule has 2 saturated heterocycles. The molecule has 0 saturated carbocycles. The molecule has 2 aromatic carbocycles. The average molecular weight is 1040 g/mol. The van der Waals surface area contributed by atoms with Crippen molar-refractivity contribution < 1.29 is 67.8 Å². The number of aromatic nitrogens is 4. The van der Waals surface area contributed by atoms with E-state index in [0.29, 0.717) is 46.5 Å². The van der Waals surface area contributed by atoms with E-state index in [1.54, 1.807) is 86.9 Å². The minimum atomic E-state index is -0.983. The maximum absolute atomic E-state index is 13.3. The van der Waals surface area contributed by atoms with Crippen molar-refractivity contribution in [1.82, 2.24) is 19.9 Å². The fourth-order valence-electron chi connectivity index (χ4n) is 8.75. The number of nitrogens with zero attached hydrogens (tertiary/aromatic N) is 6. The van der Waals surface area contributed by atoms with Crippen LogP contribution in [0.5, 0.6) is 11.5 Å². The van der Waals surface area contributed by atoms with Gasteiger partial charge in [-0.2, -0.15) is 0 Å². The van der Waals surface area contributed by atoms with Crippen LogP contribution in [0, 0.1) is 13.8 Å². The number of hydrogen-bond donors (Lipinski definition) is 3. The highest BCUT2D eigenvalue weighted by Crippen LogP contribution is 2.46. The zero-order valence-electron chi connectivity index (χ0n) is 40.6. The monoisotopic (exact) mass is 1040 g/mol. The summed E-state index contributed by atoms with van der Waals surface area (Å²) in [5.41, 5.74) is 4.23. The molecule has 4 aromatic heterocycles. The summed E-state index contributed by atoms with van der Waals surface area (Å²) >= 11 is 1.89. The number of fused-ring (bicyclic) bond motifs is 2. The molecule has 4 atom stereocenters. The number of carboxylic acids is 1. The van der Waals surface area contributed by atoms with Crippen molar-refractivity contribution in [3.63, 3.8) is 0 Å². The molecule has 4 aliphatic rings. The lowest BCUT2D eigenvalue weighted by Crippen LogP contribution is -2.29. The summed E-state index contributed by atoms with van der Waals surface area (Å²) in [6, 6.07) is 15.2. The topological polar surface area (TPSA) is 275 Å². The molecule has 10 rings (SSSR count). The Balaban J connectivity index is 0.000000184. The lowest BCUT2D eigenvalue weighted by atomic mass is 9.95. The van der Waals surface area contributed by atoms with E-state index < -0.39 is 53.4 Å². The third kappa shape index (κ3) is 9.95. The van der Waals surface area contributed by atoms with E-state index in [2.05, 4.69) is 19.9 Å². The number of thiazole rings is 2. The molecule has 3 N–H and O–H groups in total. The van der Waals surface area contributed by atoms with Crippen LogP contribution >= 0.6 is 22.7 Å². The molecule has 6 aromatic rings.